The molecular weight excluding hydrogens is 305 g/mol. The summed E-state index contributed by atoms with van der Waals surface area (Å²) in [7, 11) is 0. The van der Waals surface area contributed by atoms with Gasteiger partial charge in [0.1, 0.15) is 0 Å². The normalized spacial score (nSPS) is 20.4. The van der Waals surface area contributed by atoms with Crippen LogP contribution in [0.1, 0.15) is 30.4 Å². The van der Waals surface area contributed by atoms with Gasteiger partial charge in [-0.15, -0.1) is 0 Å². The predicted octanol–water partition coefficient (Wildman–Crippen LogP) is 3.15. The Morgan fingerprint density at radius 3 is 2.35 bits per heavy atom. The Morgan fingerprint density at radius 2 is 1.74 bits per heavy atom. The molecule has 0 unspecified atom stereocenters. The van der Waals surface area contributed by atoms with Gasteiger partial charge in [0.2, 0.25) is 5.91 Å². The van der Waals surface area contributed by atoms with Gasteiger partial charge in [0, 0.05) is 38.6 Å². The standard InChI is InChI=1S/C17H21F3N2O/c18-17(19,20)15-6-2-13(3-7-15)12-21-8-1-9-22(11-10-21)16(23)14-4-5-14/h2-3,6-7,14H,1,4-5,8-12H2. The van der Waals surface area contributed by atoms with Gasteiger partial charge in [-0.1, -0.05) is 12.1 Å². The second-order valence-corrected chi connectivity index (χ2v) is 6.42. The molecule has 1 amide bonds. The van der Waals surface area contributed by atoms with Gasteiger partial charge in [-0.25, -0.2) is 0 Å². The monoisotopic (exact) mass is 326 g/mol. The van der Waals surface area contributed by atoms with Crippen LogP contribution in [0, 0.1) is 5.92 Å². The molecule has 1 aliphatic carbocycles. The number of nitrogens with zero attached hydrogens (tertiary/aromatic N) is 2. The van der Waals surface area contributed by atoms with E-state index in [4.69, 9.17) is 0 Å². The van der Waals surface area contributed by atoms with Crippen LogP contribution in [-0.4, -0.2) is 41.9 Å². The molecule has 2 aliphatic rings. The molecule has 2 fully saturated rings. The summed E-state index contributed by atoms with van der Waals surface area (Å²) in [5.41, 5.74) is 0.262. The van der Waals surface area contributed by atoms with E-state index in [2.05, 4.69) is 4.90 Å². The molecule has 1 saturated heterocycles. The highest BCUT2D eigenvalue weighted by molar-refractivity contribution is 5.81. The Bertz CT molecular complexity index is 552. The Hall–Kier alpha value is -1.56. The molecule has 0 bridgehead atoms. The molecule has 1 saturated carbocycles. The maximum absolute atomic E-state index is 12.6. The van der Waals surface area contributed by atoms with E-state index in [1.54, 1.807) is 12.1 Å². The Balaban J connectivity index is 1.55. The van der Waals surface area contributed by atoms with Gasteiger partial charge in [0.15, 0.2) is 0 Å². The van der Waals surface area contributed by atoms with Crippen LogP contribution < -0.4 is 0 Å². The molecule has 0 atom stereocenters. The number of alkyl halides is 3. The van der Waals surface area contributed by atoms with E-state index in [9.17, 15) is 18.0 Å². The van der Waals surface area contributed by atoms with Gasteiger partial charge in [0.05, 0.1) is 5.56 Å². The average molecular weight is 326 g/mol. The first-order valence-corrected chi connectivity index (χ1v) is 8.11. The second kappa shape index (κ2) is 6.51. The van der Waals surface area contributed by atoms with Gasteiger partial charge in [0.25, 0.3) is 0 Å². The van der Waals surface area contributed by atoms with Crippen LogP contribution in [0.4, 0.5) is 13.2 Å². The highest BCUT2D eigenvalue weighted by atomic mass is 19.4. The van der Waals surface area contributed by atoms with Gasteiger partial charge < -0.3 is 4.90 Å². The van der Waals surface area contributed by atoms with Crippen molar-refractivity contribution in [2.75, 3.05) is 26.2 Å². The van der Waals surface area contributed by atoms with Gasteiger partial charge in [-0.2, -0.15) is 13.2 Å². The maximum atomic E-state index is 12.6. The lowest BCUT2D eigenvalue weighted by Crippen LogP contribution is -2.36. The smallest absolute Gasteiger partial charge is 0.341 e. The maximum Gasteiger partial charge on any atom is 0.416 e. The fraction of sp³-hybridized carbons (Fsp3) is 0.588. The molecule has 23 heavy (non-hydrogen) atoms. The lowest BCUT2D eigenvalue weighted by atomic mass is 10.1. The van der Waals surface area contributed by atoms with E-state index in [0.29, 0.717) is 6.54 Å². The van der Waals surface area contributed by atoms with Crippen molar-refractivity contribution in [3.8, 4) is 0 Å². The molecule has 1 aromatic rings. The van der Waals surface area contributed by atoms with Crippen LogP contribution in [0.3, 0.4) is 0 Å². The van der Waals surface area contributed by atoms with Crippen LogP contribution in [0.2, 0.25) is 0 Å². The van der Waals surface area contributed by atoms with Crippen molar-refractivity contribution in [1.29, 1.82) is 0 Å². The fourth-order valence-corrected chi connectivity index (χ4v) is 3.00. The first kappa shape index (κ1) is 16.3. The van der Waals surface area contributed by atoms with E-state index in [1.165, 1.54) is 0 Å². The van der Waals surface area contributed by atoms with Crippen molar-refractivity contribution >= 4 is 5.91 Å². The summed E-state index contributed by atoms with van der Waals surface area (Å²) < 4.78 is 37.7. The minimum Gasteiger partial charge on any atom is -0.341 e. The molecule has 1 aromatic carbocycles. The number of amides is 1. The topological polar surface area (TPSA) is 23.6 Å². The van der Waals surface area contributed by atoms with E-state index in [0.717, 1.165) is 63.1 Å². The van der Waals surface area contributed by atoms with Crippen LogP contribution in [0.5, 0.6) is 0 Å². The zero-order chi connectivity index (χ0) is 16.4. The Morgan fingerprint density at radius 1 is 1.04 bits per heavy atom. The van der Waals surface area contributed by atoms with Crippen molar-refractivity contribution in [2.24, 2.45) is 5.92 Å². The number of carbonyl (C=O) groups excluding carboxylic acids is 1. The number of rotatable bonds is 3. The predicted molar refractivity (Wildman–Crippen MR) is 80.6 cm³/mol. The number of benzene rings is 1. The highest BCUT2D eigenvalue weighted by Crippen LogP contribution is 2.31. The van der Waals surface area contributed by atoms with Crippen LogP contribution >= 0.6 is 0 Å². The Labute approximate surface area is 134 Å². The third-order valence-electron chi connectivity index (χ3n) is 4.51. The zero-order valence-corrected chi connectivity index (χ0v) is 13.0. The minimum atomic E-state index is -4.29. The summed E-state index contributed by atoms with van der Waals surface area (Å²) in [4.78, 5) is 16.3. The van der Waals surface area contributed by atoms with Crippen LogP contribution in [-0.2, 0) is 17.5 Å². The molecule has 3 nitrogen and oxygen atoms in total. The van der Waals surface area contributed by atoms with Gasteiger partial charge in [-0.3, -0.25) is 9.69 Å². The van der Waals surface area contributed by atoms with Crippen LogP contribution in [0.15, 0.2) is 24.3 Å². The molecule has 0 aromatic heterocycles. The van der Waals surface area contributed by atoms with E-state index in [-0.39, 0.29) is 11.8 Å². The molecule has 126 valence electrons. The quantitative estimate of drug-likeness (QED) is 0.852. The molecule has 3 rings (SSSR count). The summed E-state index contributed by atoms with van der Waals surface area (Å²) in [5, 5.41) is 0. The fourth-order valence-electron chi connectivity index (χ4n) is 3.00. The Kier molecular flexibility index (Phi) is 4.62. The number of halogens is 3. The van der Waals surface area contributed by atoms with Crippen molar-refractivity contribution in [3.63, 3.8) is 0 Å². The molecule has 0 N–H and O–H groups in total. The SMILES string of the molecule is O=C(C1CC1)N1CCCN(Cc2ccc(C(F)(F)F)cc2)CC1. The van der Waals surface area contributed by atoms with E-state index < -0.39 is 11.7 Å². The highest BCUT2D eigenvalue weighted by Gasteiger charge is 2.34. The molecule has 0 spiro atoms. The zero-order valence-electron chi connectivity index (χ0n) is 13.0. The number of hydrogen-bond donors (Lipinski definition) is 0. The number of carbonyl (C=O) groups is 1. The minimum absolute atomic E-state index is 0.247. The molecule has 1 heterocycles. The summed E-state index contributed by atoms with van der Waals surface area (Å²) in [6, 6.07) is 5.35. The number of hydrogen-bond acceptors (Lipinski definition) is 2. The summed E-state index contributed by atoms with van der Waals surface area (Å²) in [5.74, 6) is 0.526. The van der Waals surface area contributed by atoms with Crippen LogP contribution in [0.25, 0.3) is 0 Å². The first-order valence-electron chi connectivity index (χ1n) is 8.11. The average Bonchev–Trinajstić information content (AvgIpc) is 3.34. The lowest BCUT2D eigenvalue weighted by Gasteiger charge is -2.22. The molecular formula is C17H21F3N2O. The summed E-state index contributed by atoms with van der Waals surface area (Å²) in [6.45, 7) is 3.79. The summed E-state index contributed by atoms with van der Waals surface area (Å²) in [6.07, 6.45) is -1.33. The van der Waals surface area contributed by atoms with E-state index >= 15 is 0 Å². The first-order chi connectivity index (χ1) is 10.9. The summed E-state index contributed by atoms with van der Waals surface area (Å²) >= 11 is 0. The second-order valence-electron chi connectivity index (χ2n) is 6.42. The van der Waals surface area contributed by atoms with Crippen molar-refractivity contribution in [3.05, 3.63) is 35.4 Å². The largest absolute Gasteiger partial charge is 0.416 e. The van der Waals surface area contributed by atoms with Crippen molar-refractivity contribution < 1.29 is 18.0 Å². The lowest BCUT2D eigenvalue weighted by molar-refractivity contribution is -0.137. The molecule has 0 radical (unpaired) electrons. The van der Waals surface area contributed by atoms with E-state index in [1.807, 2.05) is 4.90 Å². The van der Waals surface area contributed by atoms with Gasteiger partial charge >= 0.3 is 6.18 Å². The van der Waals surface area contributed by atoms with Gasteiger partial charge in [-0.05, 0) is 37.0 Å². The van der Waals surface area contributed by atoms with Crippen molar-refractivity contribution in [1.82, 2.24) is 9.80 Å². The molecule has 6 heteroatoms. The van der Waals surface area contributed by atoms with Crippen molar-refractivity contribution in [2.45, 2.75) is 32.0 Å². The molecule has 1 aliphatic heterocycles. The third kappa shape index (κ3) is 4.25. The third-order valence-corrected chi connectivity index (χ3v) is 4.51.